The second kappa shape index (κ2) is 8.42. The average Bonchev–Trinajstić information content (AvgIpc) is 3.50. The Balaban J connectivity index is 1.24. The Labute approximate surface area is 197 Å². The van der Waals surface area contributed by atoms with Crippen LogP contribution in [0.2, 0.25) is 0 Å². The molecule has 1 aromatic heterocycles. The van der Waals surface area contributed by atoms with Gasteiger partial charge in [-0.05, 0) is 72.9 Å². The number of carbonyl (C=O) groups excluding carboxylic acids is 1. The van der Waals surface area contributed by atoms with Crippen molar-refractivity contribution >= 4 is 11.6 Å². The van der Waals surface area contributed by atoms with E-state index in [0.717, 1.165) is 62.0 Å². The zero-order valence-electron chi connectivity index (χ0n) is 19.0. The summed E-state index contributed by atoms with van der Waals surface area (Å²) in [6.07, 6.45) is 5.55. The summed E-state index contributed by atoms with van der Waals surface area (Å²) in [7, 11) is 0. The van der Waals surface area contributed by atoms with E-state index < -0.39 is 11.5 Å². The number of anilines is 1. The van der Waals surface area contributed by atoms with Gasteiger partial charge in [-0.2, -0.15) is 5.10 Å². The number of nitrogens with one attached hydrogen (secondary N) is 2. The van der Waals surface area contributed by atoms with Crippen molar-refractivity contribution in [3.05, 3.63) is 64.1 Å². The Kier molecular flexibility index (Phi) is 5.23. The molecule has 8 heteroatoms. The number of likely N-dealkylation sites (tertiary alicyclic amines) is 1. The van der Waals surface area contributed by atoms with Crippen LogP contribution in [0.4, 0.5) is 10.1 Å². The summed E-state index contributed by atoms with van der Waals surface area (Å²) in [5.41, 5.74) is 3.82. The van der Waals surface area contributed by atoms with Gasteiger partial charge in [0.15, 0.2) is 0 Å². The fraction of sp³-hybridized carbons (Fsp3) is 0.423. The van der Waals surface area contributed by atoms with Crippen molar-refractivity contribution in [1.29, 1.82) is 0 Å². The molecule has 1 aliphatic carbocycles. The number of hydrogen-bond donors (Lipinski definition) is 2. The molecule has 1 atom stereocenters. The number of aromatic nitrogens is 3. The molecule has 6 rings (SSSR count). The van der Waals surface area contributed by atoms with Crippen molar-refractivity contribution in [3.63, 3.8) is 0 Å². The third kappa shape index (κ3) is 3.91. The molecule has 3 heterocycles. The minimum atomic E-state index is -0.468. The van der Waals surface area contributed by atoms with Gasteiger partial charge in [-0.3, -0.25) is 4.79 Å². The predicted octanol–water partition coefficient (Wildman–Crippen LogP) is 3.53. The molecule has 0 bridgehead atoms. The van der Waals surface area contributed by atoms with Gasteiger partial charge in [0.25, 0.3) is 0 Å². The van der Waals surface area contributed by atoms with E-state index in [2.05, 4.69) is 27.6 Å². The maximum atomic E-state index is 15.3. The van der Waals surface area contributed by atoms with Crippen LogP contribution in [0.1, 0.15) is 37.1 Å². The van der Waals surface area contributed by atoms with E-state index in [9.17, 15) is 9.59 Å². The average molecular weight is 462 g/mol. The molecule has 2 fully saturated rings. The second-order valence-electron chi connectivity index (χ2n) is 9.77. The Morgan fingerprint density at radius 2 is 1.94 bits per heavy atom. The molecular formula is C26H28FN5O2. The molecule has 7 nitrogen and oxygen atoms in total. The van der Waals surface area contributed by atoms with Crippen molar-refractivity contribution in [3.8, 4) is 16.8 Å². The zero-order chi connectivity index (χ0) is 23.2. The summed E-state index contributed by atoms with van der Waals surface area (Å²) >= 11 is 0. The third-order valence-corrected chi connectivity index (χ3v) is 7.31. The lowest BCUT2D eigenvalue weighted by Crippen LogP contribution is -2.30. The Bertz CT molecular complexity index is 1310. The van der Waals surface area contributed by atoms with Crippen LogP contribution < -0.4 is 11.0 Å². The quantitative estimate of drug-likeness (QED) is 0.609. The highest BCUT2D eigenvalue weighted by molar-refractivity contribution is 5.81. The number of carbonyl (C=O) groups is 1. The predicted molar refractivity (Wildman–Crippen MR) is 128 cm³/mol. The number of nitrogens with zero attached hydrogens (tertiary/aromatic N) is 3. The molecule has 2 aromatic carbocycles. The first kappa shape index (κ1) is 21.1. The van der Waals surface area contributed by atoms with Gasteiger partial charge >= 0.3 is 5.69 Å². The lowest BCUT2D eigenvalue weighted by Gasteiger charge is -2.19. The molecule has 2 N–H and O–H groups in total. The largest absolute Gasteiger partial charge is 0.385 e. The van der Waals surface area contributed by atoms with E-state index in [1.54, 1.807) is 6.07 Å². The fourth-order valence-electron chi connectivity index (χ4n) is 5.27. The van der Waals surface area contributed by atoms with Crippen LogP contribution >= 0.6 is 0 Å². The monoisotopic (exact) mass is 461 g/mol. The summed E-state index contributed by atoms with van der Waals surface area (Å²) < 4.78 is 16.6. The maximum absolute atomic E-state index is 15.3. The topological polar surface area (TPSA) is 83.0 Å². The van der Waals surface area contributed by atoms with Gasteiger partial charge in [-0.1, -0.05) is 18.2 Å². The number of amides is 1. The third-order valence-electron chi connectivity index (χ3n) is 7.31. The molecule has 34 heavy (non-hydrogen) atoms. The molecule has 0 radical (unpaired) electrons. The summed E-state index contributed by atoms with van der Waals surface area (Å²) in [5.74, 6) is 0.703. The number of aromatic amines is 1. The first-order valence-electron chi connectivity index (χ1n) is 12.2. The van der Waals surface area contributed by atoms with Gasteiger partial charge in [-0.25, -0.2) is 18.9 Å². The second-order valence-corrected chi connectivity index (χ2v) is 9.77. The van der Waals surface area contributed by atoms with Gasteiger partial charge < -0.3 is 10.2 Å². The first-order valence-corrected chi connectivity index (χ1v) is 12.2. The van der Waals surface area contributed by atoms with E-state index in [-0.39, 0.29) is 23.4 Å². The minimum Gasteiger partial charge on any atom is -0.385 e. The number of H-pyrrole nitrogens is 1. The van der Waals surface area contributed by atoms with Crippen LogP contribution in [0.15, 0.2) is 41.2 Å². The number of fused-ring (bicyclic) bond motifs is 1. The van der Waals surface area contributed by atoms with Crippen LogP contribution in [0, 0.1) is 17.7 Å². The van der Waals surface area contributed by atoms with E-state index in [1.807, 2.05) is 17.0 Å². The fourth-order valence-corrected chi connectivity index (χ4v) is 5.27. The van der Waals surface area contributed by atoms with E-state index >= 15 is 4.39 Å². The summed E-state index contributed by atoms with van der Waals surface area (Å²) in [5, 5.41) is 10.1. The summed E-state index contributed by atoms with van der Waals surface area (Å²) in [6, 6.07) is 11.2. The Hall–Kier alpha value is -3.42. The molecule has 3 aromatic rings. The zero-order valence-corrected chi connectivity index (χ0v) is 19.0. The number of benzene rings is 2. The summed E-state index contributed by atoms with van der Waals surface area (Å²) in [4.78, 5) is 26.9. The lowest BCUT2D eigenvalue weighted by atomic mass is 9.97. The minimum absolute atomic E-state index is 0.192. The normalized spacial score (nSPS) is 19.7. The van der Waals surface area contributed by atoms with Crippen molar-refractivity contribution in [2.45, 2.75) is 38.5 Å². The molecule has 3 aliphatic rings. The molecule has 1 unspecified atom stereocenters. The van der Waals surface area contributed by atoms with Crippen molar-refractivity contribution in [2.75, 3.05) is 25.0 Å². The maximum Gasteiger partial charge on any atom is 0.348 e. The Morgan fingerprint density at radius 1 is 1.12 bits per heavy atom. The van der Waals surface area contributed by atoms with Crippen molar-refractivity contribution < 1.29 is 9.18 Å². The smallest absolute Gasteiger partial charge is 0.348 e. The number of hydrogen-bond acceptors (Lipinski definition) is 4. The molecular weight excluding hydrogens is 433 g/mol. The molecule has 0 spiro atoms. The number of rotatable bonds is 5. The van der Waals surface area contributed by atoms with Gasteiger partial charge in [0.1, 0.15) is 11.6 Å². The standard InChI is InChI=1S/C26H28FN5O2/c27-21-13-19(20-6-3-17-2-1-10-28-22(17)14-20)7-8-23(21)32-24(29-30-26(32)34)12-16-9-11-31(15-16)25(33)18-4-5-18/h3,6-8,13-14,16,18,28H,1-2,4-5,9-12,15H2,(H,30,34). The van der Waals surface area contributed by atoms with Crippen molar-refractivity contribution in [2.24, 2.45) is 11.8 Å². The van der Waals surface area contributed by atoms with Gasteiger partial charge in [0, 0.05) is 37.7 Å². The van der Waals surface area contributed by atoms with Gasteiger partial charge in [0.05, 0.1) is 5.69 Å². The number of aryl methyl sites for hydroxylation is 1. The first-order chi connectivity index (χ1) is 16.6. The lowest BCUT2D eigenvalue weighted by molar-refractivity contribution is -0.131. The van der Waals surface area contributed by atoms with Crippen LogP contribution in [0.25, 0.3) is 16.8 Å². The van der Waals surface area contributed by atoms with Crippen LogP contribution in [-0.4, -0.2) is 45.2 Å². The van der Waals surface area contributed by atoms with Crippen LogP contribution in [0.5, 0.6) is 0 Å². The van der Waals surface area contributed by atoms with E-state index in [1.165, 1.54) is 16.2 Å². The van der Waals surface area contributed by atoms with Gasteiger partial charge in [-0.15, -0.1) is 0 Å². The highest BCUT2D eigenvalue weighted by atomic mass is 19.1. The SMILES string of the molecule is O=C(C1CC1)N1CCC(Cc2n[nH]c(=O)n2-c2ccc(-c3ccc4c(c3)NCCC4)cc2F)C1. The molecule has 1 saturated carbocycles. The van der Waals surface area contributed by atoms with Crippen molar-refractivity contribution in [1.82, 2.24) is 19.7 Å². The molecule has 2 aliphatic heterocycles. The van der Waals surface area contributed by atoms with Crippen LogP contribution in [-0.2, 0) is 17.6 Å². The van der Waals surface area contributed by atoms with E-state index in [0.29, 0.717) is 18.8 Å². The number of halogens is 1. The molecule has 1 amide bonds. The van der Waals surface area contributed by atoms with Gasteiger partial charge in [0.2, 0.25) is 5.91 Å². The highest BCUT2D eigenvalue weighted by Crippen LogP contribution is 2.34. The molecule has 1 saturated heterocycles. The van der Waals surface area contributed by atoms with E-state index in [4.69, 9.17) is 0 Å². The highest BCUT2D eigenvalue weighted by Gasteiger charge is 2.37. The Morgan fingerprint density at radius 3 is 2.76 bits per heavy atom. The summed E-state index contributed by atoms with van der Waals surface area (Å²) in [6.45, 7) is 2.36. The van der Waals surface area contributed by atoms with Crippen LogP contribution in [0.3, 0.4) is 0 Å². The molecule has 176 valence electrons.